The second-order valence-corrected chi connectivity index (χ2v) is 4.61. The first-order valence-corrected chi connectivity index (χ1v) is 5.61. The lowest BCUT2D eigenvalue weighted by Gasteiger charge is -2.17. The van der Waals surface area contributed by atoms with E-state index in [1.165, 1.54) is 0 Å². The van der Waals surface area contributed by atoms with Crippen molar-refractivity contribution in [2.75, 3.05) is 20.2 Å². The summed E-state index contributed by atoms with van der Waals surface area (Å²) in [7, 11) is 1.91. The highest BCUT2D eigenvalue weighted by Gasteiger charge is 2.08. The summed E-state index contributed by atoms with van der Waals surface area (Å²) in [6.45, 7) is 3.23. The maximum Gasteiger partial charge on any atom is 0.123 e. The van der Waals surface area contributed by atoms with Gasteiger partial charge in [-0.2, -0.15) is 0 Å². The van der Waals surface area contributed by atoms with Gasteiger partial charge in [0, 0.05) is 23.1 Å². The maximum atomic E-state index is 9.83. The normalized spacial score (nSPS) is 11.0. The lowest BCUT2D eigenvalue weighted by Crippen LogP contribution is -2.21. The maximum absolute atomic E-state index is 9.83. The van der Waals surface area contributed by atoms with E-state index in [-0.39, 0.29) is 6.61 Å². The first-order valence-electron chi connectivity index (χ1n) is 4.82. The molecule has 2 N–H and O–H groups in total. The van der Waals surface area contributed by atoms with Crippen molar-refractivity contribution in [3.8, 4) is 5.75 Å². The van der Waals surface area contributed by atoms with Gasteiger partial charge in [0.2, 0.25) is 0 Å². The van der Waals surface area contributed by atoms with E-state index >= 15 is 0 Å². The summed E-state index contributed by atoms with van der Waals surface area (Å²) < 4.78 is 0.963. The van der Waals surface area contributed by atoms with Crippen molar-refractivity contribution in [3.05, 3.63) is 27.7 Å². The van der Waals surface area contributed by atoms with Crippen molar-refractivity contribution in [3.63, 3.8) is 0 Å². The van der Waals surface area contributed by atoms with Crippen molar-refractivity contribution in [2.24, 2.45) is 0 Å². The van der Waals surface area contributed by atoms with Crippen molar-refractivity contribution in [1.82, 2.24) is 4.90 Å². The third-order valence-corrected chi connectivity index (χ3v) is 2.72. The van der Waals surface area contributed by atoms with E-state index in [9.17, 15) is 5.11 Å². The average Bonchev–Trinajstić information content (AvgIpc) is 2.13. The molecule has 0 heterocycles. The van der Waals surface area contributed by atoms with Crippen LogP contribution in [0.25, 0.3) is 0 Å². The second kappa shape index (κ2) is 5.49. The molecule has 0 saturated carbocycles. The molecule has 1 rings (SSSR count). The number of aryl methyl sites for hydroxylation is 1. The number of aliphatic hydroxyl groups is 1. The zero-order valence-electron chi connectivity index (χ0n) is 9.00. The summed E-state index contributed by atoms with van der Waals surface area (Å²) in [5.74, 6) is 0.336. The van der Waals surface area contributed by atoms with Crippen molar-refractivity contribution in [1.29, 1.82) is 0 Å². The lowest BCUT2D eigenvalue weighted by molar-refractivity contribution is 0.216. The van der Waals surface area contributed by atoms with Crippen LogP contribution in [-0.4, -0.2) is 35.3 Å². The van der Waals surface area contributed by atoms with Crippen LogP contribution in [0.3, 0.4) is 0 Å². The smallest absolute Gasteiger partial charge is 0.123 e. The predicted octanol–water partition coefficient (Wildman–Crippen LogP) is 1.89. The molecule has 4 heteroatoms. The summed E-state index contributed by atoms with van der Waals surface area (Å²) in [4.78, 5) is 1.96. The number of hydrogen-bond donors (Lipinski definition) is 2. The van der Waals surface area contributed by atoms with Crippen LogP contribution < -0.4 is 0 Å². The highest BCUT2D eigenvalue weighted by atomic mass is 79.9. The minimum Gasteiger partial charge on any atom is -0.507 e. The number of halogens is 1. The molecule has 0 aliphatic rings. The number of aromatic hydroxyl groups is 1. The highest BCUT2D eigenvalue weighted by molar-refractivity contribution is 9.10. The molecule has 0 aliphatic carbocycles. The highest BCUT2D eigenvalue weighted by Crippen LogP contribution is 2.27. The number of phenolic OH excluding ortho intramolecular Hbond substituents is 1. The van der Waals surface area contributed by atoms with Gasteiger partial charge in [-0.15, -0.1) is 0 Å². The number of phenols is 1. The number of likely N-dealkylation sites (N-methyl/N-ethyl adjacent to an activating group) is 1. The van der Waals surface area contributed by atoms with Gasteiger partial charge in [-0.1, -0.05) is 15.9 Å². The van der Waals surface area contributed by atoms with Gasteiger partial charge >= 0.3 is 0 Å². The SMILES string of the molecule is Cc1cc(Br)cc(CN(C)CCO)c1O. The summed E-state index contributed by atoms with van der Waals surface area (Å²) >= 11 is 3.40. The molecule has 3 nitrogen and oxygen atoms in total. The number of rotatable bonds is 4. The van der Waals surface area contributed by atoms with Crippen LogP contribution in [0.4, 0.5) is 0 Å². The second-order valence-electron chi connectivity index (χ2n) is 3.69. The molecule has 1 aromatic rings. The number of aliphatic hydroxyl groups excluding tert-OH is 1. The molecule has 0 atom stereocenters. The molecule has 84 valence electrons. The fourth-order valence-corrected chi connectivity index (χ4v) is 2.09. The van der Waals surface area contributed by atoms with Crippen LogP contribution in [0.5, 0.6) is 5.75 Å². The number of nitrogens with zero attached hydrogens (tertiary/aromatic N) is 1. The van der Waals surface area contributed by atoms with Crippen LogP contribution in [0.15, 0.2) is 16.6 Å². The molecule has 15 heavy (non-hydrogen) atoms. The Morgan fingerprint density at radius 2 is 2.07 bits per heavy atom. The van der Waals surface area contributed by atoms with Crippen molar-refractivity contribution < 1.29 is 10.2 Å². The molecule has 0 aromatic heterocycles. The average molecular weight is 274 g/mol. The molecule has 0 aliphatic heterocycles. The zero-order valence-corrected chi connectivity index (χ0v) is 10.6. The van der Waals surface area contributed by atoms with Crippen molar-refractivity contribution >= 4 is 15.9 Å². The lowest BCUT2D eigenvalue weighted by atomic mass is 10.1. The molecular formula is C11H16BrNO2. The standard InChI is InChI=1S/C11H16BrNO2/c1-8-5-10(12)6-9(11(8)15)7-13(2)3-4-14/h5-6,14-15H,3-4,7H2,1-2H3. The Morgan fingerprint density at radius 1 is 1.40 bits per heavy atom. The molecule has 0 saturated heterocycles. The predicted molar refractivity (Wildman–Crippen MR) is 64.0 cm³/mol. The van der Waals surface area contributed by atoms with Crippen LogP contribution in [0.1, 0.15) is 11.1 Å². The molecule has 0 radical (unpaired) electrons. The van der Waals surface area contributed by atoms with Gasteiger partial charge in [0.05, 0.1) is 6.61 Å². The number of benzene rings is 1. The van der Waals surface area contributed by atoms with E-state index in [0.29, 0.717) is 18.8 Å². The van der Waals surface area contributed by atoms with E-state index in [1.807, 2.05) is 31.0 Å². The Hall–Kier alpha value is -0.580. The topological polar surface area (TPSA) is 43.7 Å². The van der Waals surface area contributed by atoms with Crippen LogP contribution >= 0.6 is 15.9 Å². The van der Waals surface area contributed by atoms with E-state index in [2.05, 4.69) is 15.9 Å². The molecule has 0 amide bonds. The van der Waals surface area contributed by atoms with Crippen molar-refractivity contribution in [2.45, 2.75) is 13.5 Å². The van der Waals surface area contributed by atoms with E-state index in [4.69, 9.17) is 5.11 Å². The van der Waals surface area contributed by atoms with E-state index < -0.39 is 0 Å². The summed E-state index contributed by atoms with van der Waals surface area (Å²) in [5.41, 5.74) is 1.73. The first kappa shape index (κ1) is 12.5. The Morgan fingerprint density at radius 3 is 2.67 bits per heavy atom. The Kier molecular flexibility index (Phi) is 4.57. The van der Waals surface area contributed by atoms with E-state index in [1.54, 1.807) is 0 Å². The van der Waals surface area contributed by atoms with Gasteiger partial charge in [0.1, 0.15) is 5.75 Å². The molecule has 1 aromatic carbocycles. The van der Waals surface area contributed by atoms with Crippen LogP contribution in [-0.2, 0) is 6.54 Å². The fourth-order valence-electron chi connectivity index (χ4n) is 1.47. The first-order chi connectivity index (χ1) is 7.04. The van der Waals surface area contributed by atoms with Gasteiger partial charge in [-0.3, -0.25) is 4.90 Å². The molecule has 0 spiro atoms. The monoisotopic (exact) mass is 273 g/mol. The summed E-state index contributed by atoms with van der Waals surface area (Å²) in [6, 6.07) is 3.78. The molecule has 0 fully saturated rings. The minimum absolute atomic E-state index is 0.129. The van der Waals surface area contributed by atoms with Gasteiger partial charge < -0.3 is 10.2 Å². The number of hydrogen-bond acceptors (Lipinski definition) is 3. The Bertz CT molecular complexity index is 342. The zero-order chi connectivity index (χ0) is 11.4. The van der Waals surface area contributed by atoms with Gasteiger partial charge in [-0.25, -0.2) is 0 Å². The Balaban J connectivity index is 2.84. The van der Waals surface area contributed by atoms with Gasteiger partial charge in [0.15, 0.2) is 0 Å². The fraction of sp³-hybridized carbons (Fsp3) is 0.455. The van der Waals surface area contributed by atoms with Crippen LogP contribution in [0, 0.1) is 6.92 Å². The molecular weight excluding hydrogens is 258 g/mol. The quantitative estimate of drug-likeness (QED) is 0.881. The largest absolute Gasteiger partial charge is 0.507 e. The summed E-state index contributed by atoms with van der Waals surface area (Å²) in [6.07, 6.45) is 0. The molecule has 0 bridgehead atoms. The Labute approximate surface area is 98.5 Å². The third-order valence-electron chi connectivity index (χ3n) is 2.27. The third kappa shape index (κ3) is 3.48. The van der Waals surface area contributed by atoms with Gasteiger partial charge in [-0.05, 0) is 31.7 Å². The molecule has 0 unspecified atom stereocenters. The van der Waals surface area contributed by atoms with Crippen LogP contribution in [0.2, 0.25) is 0 Å². The minimum atomic E-state index is 0.129. The summed E-state index contributed by atoms with van der Waals surface area (Å²) in [5, 5.41) is 18.6. The van der Waals surface area contributed by atoms with Gasteiger partial charge in [0.25, 0.3) is 0 Å². The van der Waals surface area contributed by atoms with E-state index in [0.717, 1.165) is 15.6 Å².